The Bertz CT molecular complexity index is 824. The largest absolute Gasteiger partial charge is 0.371 e. The van der Waals surface area contributed by atoms with Crippen LogP contribution in [0.2, 0.25) is 0 Å². The predicted octanol–water partition coefficient (Wildman–Crippen LogP) is 4.26. The minimum atomic E-state index is -0.0501. The van der Waals surface area contributed by atoms with E-state index in [2.05, 4.69) is 27.7 Å². The van der Waals surface area contributed by atoms with E-state index >= 15 is 0 Å². The minimum absolute atomic E-state index is 0.0254. The van der Waals surface area contributed by atoms with E-state index in [9.17, 15) is 9.59 Å². The molecule has 1 aliphatic rings. The molecule has 0 radical (unpaired) electrons. The Labute approximate surface area is 167 Å². The zero-order valence-corrected chi connectivity index (χ0v) is 16.8. The number of hydrogen-bond donors (Lipinski definition) is 2. The first-order valence-corrected chi connectivity index (χ1v) is 10.1. The van der Waals surface area contributed by atoms with Gasteiger partial charge >= 0.3 is 0 Å². The summed E-state index contributed by atoms with van der Waals surface area (Å²) in [5.74, 6) is -0.0247. The Balaban J connectivity index is 1.62. The fourth-order valence-corrected chi connectivity index (χ4v) is 3.50. The molecule has 0 bridgehead atoms. The molecule has 148 valence electrons. The molecule has 2 aromatic carbocycles. The number of carbonyl (C=O) groups is 2. The second-order valence-electron chi connectivity index (χ2n) is 7.39. The van der Waals surface area contributed by atoms with E-state index in [1.165, 1.54) is 12.8 Å². The van der Waals surface area contributed by atoms with E-state index in [0.717, 1.165) is 47.6 Å². The van der Waals surface area contributed by atoms with Gasteiger partial charge in [0.25, 0.3) is 5.91 Å². The van der Waals surface area contributed by atoms with Gasteiger partial charge in [0.05, 0.1) is 5.56 Å². The van der Waals surface area contributed by atoms with E-state index in [-0.39, 0.29) is 11.8 Å². The molecule has 28 heavy (non-hydrogen) atoms. The Morgan fingerprint density at radius 3 is 2.43 bits per heavy atom. The van der Waals surface area contributed by atoms with Crippen molar-refractivity contribution in [3.8, 4) is 0 Å². The molecular formula is C23H29N3O2. The van der Waals surface area contributed by atoms with Crippen LogP contribution in [0.1, 0.15) is 54.1 Å². The molecule has 1 saturated heterocycles. The van der Waals surface area contributed by atoms with E-state index in [0.29, 0.717) is 13.0 Å². The van der Waals surface area contributed by atoms with Gasteiger partial charge in [-0.25, -0.2) is 0 Å². The van der Waals surface area contributed by atoms with Crippen LogP contribution < -0.4 is 15.5 Å². The summed E-state index contributed by atoms with van der Waals surface area (Å²) in [5, 5.41) is 5.91. The zero-order valence-electron chi connectivity index (χ0n) is 16.8. The molecule has 5 nitrogen and oxygen atoms in total. The van der Waals surface area contributed by atoms with Crippen LogP contribution in [0.4, 0.5) is 11.4 Å². The molecule has 0 atom stereocenters. The molecule has 2 aromatic rings. The van der Waals surface area contributed by atoms with Gasteiger partial charge in [-0.3, -0.25) is 9.59 Å². The minimum Gasteiger partial charge on any atom is -0.371 e. The molecule has 0 spiro atoms. The normalized spacial score (nSPS) is 13.4. The van der Waals surface area contributed by atoms with Crippen molar-refractivity contribution in [3.05, 3.63) is 59.2 Å². The molecular weight excluding hydrogens is 350 g/mol. The molecule has 2 amide bonds. The first-order valence-electron chi connectivity index (χ1n) is 10.1. The highest BCUT2D eigenvalue weighted by atomic mass is 16.2. The summed E-state index contributed by atoms with van der Waals surface area (Å²) in [6, 6.07) is 13.7. The van der Waals surface area contributed by atoms with E-state index in [4.69, 9.17) is 0 Å². The maximum atomic E-state index is 12.8. The topological polar surface area (TPSA) is 61.4 Å². The van der Waals surface area contributed by atoms with E-state index < -0.39 is 0 Å². The number of rotatable bonds is 7. The lowest BCUT2D eigenvalue weighted by molar-refractivity contribution is -0.116. The molecule has 2 N–H and O–H groups in total. The third-order valence-electron chi connectivity index (χ3n) is 5.01. The third kappa shape index (κ3) is 5.12. The monoisotopic (exact) mass is 379 g/mol. The summed E-state index contributed by atoms with van der Waals surface area (Å²) in [4.78, 5) is 26.8. The Kier molecular flexibility index (Phi) is 6.69. The third-order valence-corrected chi connectivity index (χ3v) is 5.01. The molecule has 1 fully saturated rings. The quantitative estimate of drug-likeness (QED) is 0.755. The van der Waals surface area contributed by atoms with Crippen molar-refractivity contribution in [2.24, 2.45) is 0 Å². The molecule has 0 saturated carbocycles. The Morgan fingerprint density at radius 2 is 1.75 bits per heavy atom. The smallest absolute Gasteiger partial charge is 0.253 e. The van der Waals surface area contributed by atoms with Gasteiger partial charge in [0.2, 0.25) is 5.91 Å². The van der Waals surface area contributed by atoms with Gasteiger partial charge in [-0.05, 0) is 56.0 Å². The zero-order chi connectivity index (χ0) is 19.9. The maximum absolute atomic E-state index is 12.8. The highest BCUT2D eigenvalue weighted by Crippen LogP contribution is 2.25. The number of aryl methyl sites for hydroxylation is 1. The second kappa shape index (κ2) is 9.40. The lowest BCUT2D eigenvalue weighted by Crippen LogP contribution is -2.27. The second-order valence-corrected chi connectivity index (χ2v) is 7.39. The van der Waals surface area contributed by atoms with Crippen LogP contribution in [0.5, 0.6) is 0 Å². The van der Waals surface area contributed by atoms with Crippen LogP contribution in [0.25, 0.3) is 0 Å². The Hall–Kier alpha value is -2.82. The van der Waals surface area contributed by atoms with E-state index in [1.807, 2.05) is 44.2 Å². The standard InChI is InChI=1S/C23H29N3O2/c1-3-6-22(27)25-19-10-8-18(9-11-19)16-24-23(28)20-15-17(2)7-12-21(20)26-13-4-5-14-26/h7-12,15H,3-6,13-14,16H2,1-2H3,(H,24,28)(H,25,27). The van der Waals surface area contributed by atoms with Gasteiger partial charge < -0.3 is 15.5 Å². The van der Waals surface area contributed by atoms with Crippen LogP contribution in [-0.4, -0.2) is 24.9 Å². The summed E-state index contributed by atoms with van der Waals surface area (Å²) in [5.41, 5.74) is 4.63. The maximum Gasteiger partial charge on any atom is 0.253 e. The van der Waals surface area contributed by atoms with Gasteiger partial charge in [-0.2, -0.15) is 0 Å². The number of anilines is 2. The fourth-order valence-electron chi connectivity index (χ4n) is 3.50. The van der Waals surface area contributed by atoms with Crippen LogP contribution in [0.3, 0.4) is 0 Å². The Morgan fingerprint density at radius 1 is 1.04 bits per heavy atom. The summed E-state index contributed by atoms with van der Waals surface area (Å²) in [6.45, 7) is 6.46. The summed E-state index contributed by atoms with van der Waals surface area (Å²) in [6.07, 6.45) is 3.70. The summed E-state index contributed by atoms with van der Waals surface area (Å²) < 4.78 is 0. The number of hydrogen-bond acceptors (Lipinski definition) is 3. The molecule has 1 heterocycles. The molecule has 5 heteroatoms. The molecule has 0 aliphatic carbocycles. The van der Waals surface area contributed by atoms with Crippen LogP contribution in [0.15, 0.2) is 42.5 Å². The highest BCUT2D eigenvalue weighted by molar-refractivity contribution is 6.00. The van der Waals surface area contributed by atoms with Crippen molar-refractivity contribution in [2.45, 2.75) is 46.1 Å². The summed E-state index contributed by atoms with van der Waals surface area (Å²) in [7, 11) is 0. The van der Waals surface area contributed by atoms with Crippen molar-refractivity contribution in [1.82, 2.24) is 5.32 Å². The summed E-state index contributed by atoms with van der Waals surface area (Å²) >= 11 is 0. The van der Waals surface area contributed by atoms with Crippen LogP contribution >= 0.6 is 0 Å². The van der Waals surface area contributed by atoms with Gasteiger partial charge in [0, 0.05) is 37.4 Å². The fraction of sp³-hybridized carbons (Fsp3) is 0.391. The van der Waals surface area contributed by atoms with Crippen molar-refractivity contribution >= 4 is 23.2 Å². The van der Waals surface area contributed by atoms with Crippen molar-refractivity contribution < 1.29 is 9.59 Å². The SMILES string of the molecule is CCCC(=O)Nc1ccc(CNC(=O)c2cc(C)ccc2N2CCCC2)cc1. The predicted molar refractivity (Wildman–Crippen MR) is 114 cm³/mol. The first kappa shape index (κ1) is 19.9. The van der Waals surface area contributed by atoms with Gasteiger partial charge in [-0.1, -0.05) is 30.7 Å². The number of carbonyl (C=O) groups excluding carboxylic acids is 2. The molecule has 0 unspecified atom stereocenters. The van der Waals surface area contributed by atoms with Crippen molar-refractivity contribution in [3.63, 3.8) is 0 Å². The van der Waals surface area contributed by atoms with E-state index in [1.54, 1.807) is 0 Å². The van der Waals surface area contributed by atoms with Gasteiger partial charge in [0.15, 0.2) is 0 Å². The lowest BCUT2D eigenvalue weighted by Gasteiger charge is -2.21. The number of nitrogens with one attached hydrogen (secondary N) is 2. The first-order chi connectivity index (χ1) is 13.6. The molecule has 3 rings (SSSR count). The van der Waals surface area contributed by atoms with Crippen LogP contribution in [-0.2, 0) is 11.3 Å². The van der Waals surface area contributed by atoms with Gasteiger partial charge in [0.1, 0.15) is 0 Å². The average molecular weight is 380 g/mol. The van der Waals surface area contributed by atoms with Gasteiger partial charge in [-0.15, -0.1) is 0 Å². The number of amides is 2. The van der Waals surface area contributed by atoms with Crippen molar-refractivity contribution in [1.29, 1.82) is 0 Å². The molecule has 0 aromatic heterocycles. The van der Waals surface area contributed by atoms with Crippen LogP contribution in [0, 0.1) is 6.92 Å². The lowest BCUT2D eigenvalue weighted by atomic mass is 10.1. The highest BCUT2D eigenvalue weighted by Gasteiger charge is 2.19. The van der Waals surface area contributed by atoms with Crippen molar-refractivity contribution in [2.75, 3.05) is 23.3 Å². The molecule has 1 aliphatic heterocycles. The average Bonchev–Trinajstić information content (AvgIpc) is 3.22. The number of benzene rings is 2. The number of nitrogens with zero attached hydrogens (tertiary/aromatic N) is 1.